The molecule has 0 radical (unpaired) electrons. The predicted molar refractivity (Wildman–Crippen MR) is 29.9 cm³/mol. The molecule has 0 aliphatic heterocycles. The van der Waals surface area contributed by atoms with Gasteiger partial charge in [-0.3, -0.25) is 0 Å². The van der Waals surface area contributed by atoms with Crippen LogP contribution in [0.3, 0.4) is 0 Å². The van der Waals surface area contributed by atoms with Crippen LogP contribution in [-0.4, -0.2) is 12.1 Å². The first kappa shape index (κ1) is 6.95. The van der Waals surface area contributed by atoms with Crippen molar-refractivity contribution in [2.75, 3.05) is 7.11 Å². The fourth-order valence-corrected chi connectivity index (χ4v) is 1.55. The summed E-state index contributed by atoms with van der Waals surface area (Å²) in [5.74, 6) is 0. The third-order valence-corrected chi connectivity index (χ3v) is 2.31. The molecule has 0 fully saturated rings. The van der Waals surface area contributed by atoms with E-state index in [9.17, 15) is 0 Å². The van der Waals surface area contributed by atoms with Gasteiger partial charge < -0.3 is 0 Å². The molecule has 0 saturated heterocycles. The molecule has 0 atom stereocenters. The van der Waals surface area contributed by atoms with Crippen LogP contribution in [0.1, 0.15) is 0 Å². The minimum absolute atomic E-state index is 0.281. The molecule has 0 spiro atoms. The molecule has 0 saturated carbocycles. The maximum atomic E-state index is 4.98. The van der Waals surface area contributed by atoms with Crippen molar-refractivity contribution < 1.29 is 24.7 Å². The van der Waals surface area contributed by atoms with Crippen LogP contribution in [0, 0.1) is 3.70 Å². The van der Waals surface area contributed by atoms with E-state index in [2.05, 4.69) is 4.98 Å². The Balaban J connectivity index is 2.61. The van der Waals surface area contributed by atoms with E-state index in [1.54, 1.807) is 13.3 Å². The first-order valence-corrected chi connectivity index (χ1v) is 4.48. The zero-order valence-corrected chi connectivity index (χ0v) is 7.20. The van der Waals surface area contributed by atoms with Crippen LogP contribution in [0.5, 0.6) is 0 Å². The zero-order chi connectivity index (χ0) is 6.53. The van der Waals surface area contributed by atoms with Crippen molar-refractivity contribution in [1.29, 1.82) is 0 Å². The number of rotatable bonds is 2. The van der Waals surface area contributed by atoms with Gasteiger partial charge in [-0.25, -0.2) is 0 Å². The summed E-state index contributed by atoms with van der Waals surface area (Å²) in [6.07, 6.45) is 1.79. The minimum atomic E-state index is -0.281. The van der Waals surface area contributed by atoms with Crippen molar-refractivity contribution in [3.05, 3.63) is 28.1 Å². The van der Waals surface area contributed by atoms with Crippen molar-refractivity contribution >= 4 is 0 Å². The second-order valence-corrected chi connectivity index (χ2v) is 3.81. The predicted octanol–water partition coefficient (Wildman–Crippen LogP) is -2.10. The van der Waals surface area contributed by atoms with E-state index < -0.39 is 0 Å². The number of pyridine rings is 1. The van der Waals surface area contributed by atoms with E-state index in [1.165, 1.54) is 0 Å². The molecule has 9 heavy (non-hydrogen) atoms. The summed E-state index contributed by atoms with van der Waals surface area (Å²) in [7, 11) is 1.71. The fourth-order valence-electron chi connectivity index (χ4n) is 0.467. The Bertz CT molecular complexity index is 166. The van der Waals surface area contributed by atoms with Crippen LogP contribution in [0.2, 0.25) is 0 Å². The summed E-state index contributed by atoms with van der Waals surface area (Å²) >= 11 is -0.281. The molecule has 0 bridgehead atoms. The molecule has 1 heterocycles. The van der Waals surface area contributed by atoms with Crippen molar-refractivity contribution in [2.24, 2.45) is 0 Å². The Hall–Kier alpha value is -0.160. The summed E-state index contributed by atoms with van der Waals surface area (Å²) in [6.45, 7) is 0. The summed E-state index contributed by atoms with van der Waals surface area (Å²) in [4.78, 5) is 4.09. The summed E-state index contributed by atoms with van der Waals surface area (Å²) in [5, 5.41) is 0. The van der Waals surface area contributed by atoms with Crippen LogP contribution >= 0.6 is 0 Å². The Kier molecular flexibility index (Phi) is 2.93. The van der Waals surface area contributed by atoms with Gasteiger partial charge in [0.1, 0.15) is 0 Å². The standard InChI is InChI=1S/C6H7INO/c1-9-7-6-4-2-3-5-8-6/h2-5H,1H3/q-1. The molecule has 1 aromatic heterocycles. The van der Waals surface area contributed by atoms with Gasteiger partial charge in [-0.15, -0.1) is 0 Å². The van der Waals surface area contributed by atoms with Crippen molar-refractivity contribution in [2.45, 2.75) is 0 Å². The van der Waals surface area contributed by atoms with Gasteiger partial charge in [0.15, 0.2) is 0 Å². The van der Waals surface area contributed by atoms with Gasteiger partial charge in [0.2, 0.25) is 0 Å². The van der Waals surface area contributed by atoms with Gasteiger partial charge in [-0.05, 0) is 0 Å². The normalized spacial score (nSPS) is 9.89. The van der Waals surface area contributed by atoms with E-state index in [1.807, 2.05) is 18.2 Å². The van der Waals surface area contributed by atoms with Crippen molar-refractivity contribution in [3.8, 4) is 0 Å². The number of hydrogen-bond acceptors (Lipinski definition) is 2. The van der Waals surface area contributed by atoms with E-state index >= 15 is 0 Å². The van der Waals surface area contributed by atoms with E-state index in [0.29, 0.717) is 0 Å². The fraction of sp³-hybridized carbons (Fsp3) is 0.167. The Morgan fingerprint density at radius 1 is 1.56 bits per heavy atom. The number of halogens is 1. The third kappa shape index (κ3) is 2.28. The molecule has 0 amide bonds. The second kappa shape index (κ2) is 3.79. The third-order valence-electron chi connectivity index (χ3n) is 0.785. The number of aromatic nitrogens is 1. The van der Waals surface area contributed by atoms with Gasteiger partial charge in [0, 0.05) is 0 Å². The number of nitrogens with zero attached hydrogens (tertiary/aromatic N) is 1. The first-order chi connectivity index (χ1) is 4.43. The molecule has 3 heteroatoms. The van der Waals surface area contributed by atoms with Crippen LogP contribution in [0.4, 0.5) is 0 Å². The summed E-state index contributed by atoms with van der Waals surface area (Å²) in [5.41, 5.74) is 0. The molecule has 1 rings (SSSR count). The molecule has 1 aromatic rings. The topological polar surface area (TPSA) is 22.1 Å². The quantitative estimate of drug-likeness (QED) is 0.433. The Morgan fingerprint density at radius 3 is 3.00 bits per heavy atom. The average molecular weight is 236 g/mol. The SMILES string of the molecule is CO[I-]c1ccccn1. The van der Waals surface area contributed by atoms with Crippen molar-refractivity contribution in [3.63, 3.8) is 0 Å². The molecule has 0 unspecified atom stereocenters. The molecular formula is C6H7INO-. The van der Waals surface area contributed by atoms with Crippen molar-refractivity contribution in [1.82, 2.24) is 4.98 Å². The number of hydrogen-bond donors (Lipinski definition) is 0. The maximum absolute atomic E-state index is 4.98. The molecule has 0 aliphatic rings. The summed E-state index contributed by atoms with van der Waals surface area (Å²) < 4.78 is 6.06. The molecule has 0 N–H and O–H groups in total. The van der Waals surface area contributed by atoms with Gasteiger partial charge in [0.05, 0.1) is 0 Å². The van der Waals surface area contributed by atoms with Crippen LogP contribution < -0.4 is 21.6 Å². The van der Waals surface area contributed by atoms with Gasteiger partial charge in [-0.2, -0.15) is 0 Å². The molecule has 0 aromatic carbocycles. The second-order valence-electron chi connectivity index (χ2n) is 1.38. The summed E-state index contributed by atoms with van der Waals surface area (Å²) in [6, 6.07) is 5.86. The zero-order valence-electron chi connectivity index (χ0n) is 5.04. The Labute approximate surface area is 65.1 Å². The van der Waals surface area contributed by atoms with Crippen LogP contribution in [0.15, 0.2) is 24.4 Å². The monoisotopic (exact) mass is 236 g/mol. The van der Waals surface area contributed by atoms with Crippen LogP contribution in [0.25, 0.3) is 0 Å². The Morgan fingerprint density at radius 2 is 2.44 bits per heavy atom. The van der Waals surface area contributed by atoms with E-state index in [-0.39, 0.29) is 21.6 Å². The van der Waals surface area contributed by atoms with Gasteiger partial charge in [-0.1, -0.05) is 0 Å². The molecule has 0 aliphatic carbocycles. The van der Waals surface area contributed by atoms with Crippen LogP contribution in [-0.2, 0) is 3.07 Å². The molecule has 50 valence electrons. The van der Waals surface area contributed by atoms with Gasteiger partial charge in [0.25, 0.3) is 0 Å². The first-order valence-electron chi connectivity index (χ1n) is 2.52. The van der Waals surface area contributed by atoms with E-state index in [0.717, 1.165) is 3.70 Å². The molecule has 2 nitrogen and oxygen atoms in total. The average Bonchev–Trinajstić information content (AvgIpc) is 1.91. The van der Waals surface area contributed by atoms with Gasteiger partial charge >= 0.3 is 64.9 Å². The van der Waals surface area contributed by atoms with E-state index in [4.69, 9.17) is 3.07 Å². The molecular weight excluding hydrogens is 229 g/mol.